The van der Waals surface area contributed by atoms with Crippen LogP contribution in [0.25, 0.3) is 10.9 Å². The first kappa shape index (κ1) is 12.2. The molecule has 2 heteroatoms. The van der Waals surface area contributed by atoms with Crippen molar-refractivity contribution in [2.24, 2.45) is 5.92 Å². The van der Waals surface area contributed by atoms with Gasteiger partial charge in [-0.2, -0.15) is 0 Å². The Hall–Kier alpha value is -1.54. The molecule has 0 radical (unpaired) electrons. The van der Waals surface area contributed by atoms with Gasteiger partial charge < -0.3 is 4.98 Å². The number of nitrogens with zero attached hydrogens (tertiary/aromatic N) is 1. The van der Waals surface area contributed by atoms with Gasteiger partial charge in [-0.25, -0.2) is 0 Å². The van der Waals surface area contributed by atoms with E-state index in [0.29, 0.717) is 6.04 Å². The summed E-state index contributed by atoms with van der Waals surface area (Å²) in [6, 6.07) is 9.33. The van der Waals surface area contributed by atoms with Gasteiger partial charge in [-0.15, -0.1) is 0 Å². The maximum Gasteiger partial charge on any atom is 0.0458 e. The number of hydrogen-bond acceptors (Lipinski definition) is 1. The maximum absolute atomic E-state index is 3.65. The van der Waals surface area contributed by atoms with E-state index in [0.717, 1.165) is 12.3 Å². The van der Waals surface area contributed by atoms with Gasteiger partial charge in [0.2, 0.25) is 0 Å². The van der Waals surface area contributed by atoms with Gasteiger partial charge in [0.15, 0.2) is 0 Å². The minimum absolute atomic E-state index is 0.590. The summed E-state index contributed by atoms with van der Waals surface area (Å²) in [7, 11) is 0. The Bertz CT molecular complexity index is 652. The highest BCUT2D eigenvalue weighted by Gasteiger charge is 2.28. The van der Waals surface area contributed by atoms with Crippen molar-refractivity contribution >= 4 is 10.9 Å². The Labute approximate surface area is 120 Å². The Morgan fingerprint density at radius 1 is 1.25 bits per heavy atom. The van der Waals surface area contributed by atoms with E-state index in [4.69, 9.17) is 0 Å². The summed E-state index contributed by atoms with van der Waals surface area (Å²) in [5, 5.41) is 1.43. The SMILES string of the molecule is CC[C@H]1C=C[C@H]2Cc3[nH]c4ccccc4c3CCN2C1. The molecule has 0 bridgehead atoms. The van der Waals surface area contributed by atoms with Crippen LogP contribution in [0.3, 0.4) is 0 Å². The Morgan fingerprint density at radius 2 is 2.15 bits per heavy atom. The van der Waals surface area contributed by atoms with Crippen LogP contribution in [-0.2, 0) is 12.8 Å². The molecule has 1 N–H and O–H groups in total. The number of benzene rings is 1. The van der Waals surface area contributed by atoms with Crippen molar-refractivity contribution < 1.29 is 0 Å². The van der Waals surface area contributed by atoms with Gasteiger partial charge >= 0.3 is 0 Å². The van der Waals surface area contributed by atoms with Gasteiger partial charge in [0.25, 0.3) is 0 Å². The first-order valence-electron chi connectivity index (χ1n) is 7.86. The van der Waals surface area contributed by atoms with Gasteiger partial charge in [-0.1, -0.05) is 37.3 Å². The van der Waals surface area contributed by atoms with E-state index in [9.17, 15) is 0 Å². The molecule has 104 valence electrons. The highest BCUT2D eigenvalue weighted by Crippen LogP contribution is 2.30. The lowest BCUT2D eigenvalue weighted by atomic mass is 9.97. The summed E-state index contributed by atoms with van der Waals surface area (Å²) in [6.45, 7) is 4.73. The fourth-order valence-electron chi connectivity index (χ4n) is 3.80. The monoisotopic (exact) mass is 266 g/mol. The molecule has 1 aromatic carbocycles. The summed E-state index contributed by atoms with van der Waals surface area (Å²) >= 11 is 0. The van der Waals surface area contributed by atoms with E-state index in [-0.39, 0.29) is 0 Å². The zero-order chi connectivity index (χ0) is 13.5. The van der Waals surface area contributed by atoms with Crippen LogP contribution < -0.4 is 0 Å². The van der Waals surface area contributed by atoms with E-state index in [2.05, 4.69) is 53.2 Å². The number of nitrogens with one attached hydrogen (secondary N) is 1. The van der Waals surface area contributed by atoms with Gasteiger partial charge in [0.1, 0.15) is 0 Å². The van der Waals surface area contributed by atoms with Crippen molar-refractivity contribution in [3.8, 4) is 0 Å². The molecule has 0 spiro atoms. The van der Waals surface area contributed by atoms with Crippen molar-refractivity contribution in [2.45, 2.75) is 32.2 Å². The normalized spacial score (nSPS) is 26.2. The van der Waals surface area contributed by atoms with Gasteiger partial charge in [-0.3, -0.25) is 4.90 Å². The molecule has 0 aliphatic carbocycles. The zero-order valence-corrected chi connectivity index (χ0v) is 12.1. The number of fused-ring (bicyclic) bond motifs is 4. The molecule has 0 saturated carbocycles. The predicted molar refractivity (Wildman–Crippen MR) is 84.0 cm³/mol. The number of aromatic nitrogens is 1. The van der Waals surface area contributed by atoms with Crippen molar-refractivity contribution in [3.63, 3.8) is 0 Å². The molecule has 0 amide bonds. The Kier molecular flexibility index (Phi) is 2.92. The fraction of sp³-hybridized carbons (Fsp3) is 0.444. The molecule has 0 fully saturated rings. The van der Waals surface area contributed by atoms with Crippen molar-refractivity contribution in [1.29, 1.82) is 0 Å². The summed E-state index contributed by atoms with van der Waals surface area (Å²) in [5.41, 5.74) is 4.31. The summed E-state index contributed by atoms with van der Waals surface area (Å²) in [5.74, 6) is 0.749. The van der Waals surface area contributed by atoms with Gasteiger partial charge in [0.05, 0.1) is 0 Å². The number of rotatable bonds is 1. The average molecular weight is 266 g/mol. The lowest BCUT2D eigenvalue weighted by Gasteiger charge is -2.34. The van der Waals surface area contributed by atoms with Gasteiger partial charge in [-0.05, 0) is 30.4 Å². The van der Waals surface area contributed by atoms with Gasteiger partial charge in [0, 0.05) is 42.1 Å². The van der Waals surface area contributed by atoms with Crippen molar-refractivity contribution in [2.75, 3.05) is 13.1 Å². The van der Waals surface area contributed by atoms with Crippen molar-refractivity contribution in [1.82, 2.24) is 9.88 Å². The molecule has 20 heavy (non-hydrogen) atoms. The van der Waals surface area contributed by atoms with Crippen molar-refractivity contribution in [3.05, 3.63) is 47.7 Å². The molecule has 2 aromatic rings. The summed E-state index contributed by atoms with van der Waals surface area (Å²) in [4.78, 5) is 6.33. The van der Waals surface area contributed by atoms with E-state index in [1.165, 1.54) is 42.5 Å². The lowest BCUT2D eigenvalue weighted by Crippen LogP contribution is -2.41. The van der Waals surface area contributed by atoms with Crippen LogP contribution in [-0.4, -0.2) is 29.0 Å². The highest BCUT2D eigenvalue weighted by atomic mass is 15.2. The molecule has 2 aliphatic rings. The zero-order valence-electron chi connectivity index (χ0n) is 12.1. The fourth-order valence-corrected chi connectivity index (χ4v) is 3.80. The van der Waals surface area contributed by atoms with Crippen LogP contribution in [0.1, 0.15) is 24.6 Å². The number of hydrogen-bond donors (Lipinski definition) is 1. The van der Waals surface area contributed by atoms with Crippen LogP contribution in [0.4, 0.5) is 0 Å². The molecular formula is C18H22N2. The second kappa shape index (κ2) is 4.78. The second-order valence-corrected chi connectivity index (χ2v) is 6.20. The first-order valence-corrected chi connectivity index (χ1v) is 7.86. The number of para-hydroxylation sites is 1. The lowest BCUT2D eigenvalue weighted by molar-refractivity contribution is 0.198. The Balaban J connectivity index is 1.71. The highest BCUT2D eigenvalue weighted by molar-refractivity contribution is 5.84. The molecular weight excluding hydrogens is 244 g/mol. The molecule has 2 nitrogen and oxygen atoms in total. The quantitative estimate of drug-likeness (QED) is 0.782. The van der Waals surface area contributed by atoms with Crippen LogP contribution in [0.15, 0.2) is 36.4 Å². The Morgan fingerprint density at radius 3 is 3.05 bits per heavy atom. The summed E-state index contributed by atoms with van der Waals surface area (Å²) in [6.07, 6.45) is 8.46. The molecule has 4 rings (SSSR count). The minimum Gasteiger partial charge on any atom is -0.358 e. The van der Waals surface area contributed by atoms with E-state index in [1.54, 1.807) is 5.56 Å². The topological polar surface area (TPSA) is 19.0 Å². The number of H-pyrrole nitrogens is 1. The van der Waals surface area contributed by atoms with Crippen LogP contribution in [0.2, 0.25) is 0 Å². The van der Waals surface area contributed by atoms with Crippen LogP contribution >= 0.6 is 0 Å². The third-order valence-corrected chi connectivity index (χ3v) is 5.03. The predicted octanol–water partition coefficient (Wildman–Crippen LogP) is 3.53. The standard InChI is InChI=1S/C18H22N2/c1-2-13-7-8-14-11-18-16(9-10-20(14)12-13)15-5-3-4-6-17(15)19-18/h3-8,13-14,19H,2,9-12H2,1H3/t13-,14-/m0/s1. The summed E-state index contributed by atoms with van der Waals surface area (Å²) < 4.78 is 0. The molecule has 2 aliphatic heterocycles. The molecule has 3 heterocycles. The molecule has 1 aromatic heterocycles. The third-order valence-electron chi connectivity index (χ3n) is 5.03. The van der Waals surface area contributed by atoms with E-state index >= 15 is 0 Å². The van der Waals surface area contributed by atoms with E-state index < -0.39 is 0 Å². The molecule has 2 atom stereocenters. The van der Waals surface area contributed by atoms with Crippen LogP contribution in [0, 0.1) is 5.92 Å². The second-order valence-electron chi connectivity index (χ2n) is 6.20. The molecule has 0 saturated heterocycles. The maximum atomic E-state index is 3.65. The average Bonchev–Trinajstić information content (AvgIpc) is 2.73. The number of aromatic amines is 1. The smallest absolute Gasteiger partial charge is 0.0458 e. The largest absolute Gasteiger partial charge is 0.358 e. The van der Waals surface area contributed by atoms with E-state index in [1.807, 2.05) is 0 Å². The third kappa shape index (κ3) is 1.90. The molecule has 0 unspecified atom stereocenters. The van der Waals surface area contributed by atoms with Crippen LogP contribution in [0.5, 0.6) is 0 Å². The minimum atomic E-state index is 0.590. The first-order chi connectivity index (χ1) is 9.85.